The molecule has 3 N–H and O–H groups in total. The molecule has 0 aliphatic heterocycles. The molecular formula is C26H34N6O5. The summed E-state index contributed by atoms with van der Waals surface area (Å²) in [6.07, 6.45) is -0.889. The number of amides is 2. The van der Waals surface area contributed by atoms with Crippen LogP contribution >= 0.6 is 0 Å². The summed E-state index contributed by atoms with van der Waals surface area (Å²) in [5, 5.41) is 11.5. The lowest BCUT2D eigenvalue weighted by molar-refractivity contribution is -0.126. The number of likely N-dealkylation sites (N-methyl/N-ethyl adjacent to an activating group) is 1. The molecule has 0 radical (unpaired) electrons. The minimum Gasteiger partial charge on any atom is -0.443 e. The molecule has 0 aliphatic rings. The minimum atomic E-state index is -1.14. The first-order valence-corrected chi connectivity index (χ1v) is 11.9. The Kier molecular flexibility index (Phi) is 8.95. The molecule has 2 aromatic heterocycles. The number of nitrogens with one attached hydrogen (secondary N) is 1. The van der Waals surface area contributed by atoms with Gasteiger partial charge in [0.1, 0.15) is 18.4 Å². The first kappa shape index (κ1) is 27.8. The van der Waals surface area contributed by atoms with Gasteiger partial charge in [-0.2, -0.15) is 0 Å². The van der Waals surface area contributed by atoms with Crippen LogP contribution in [0.25, 0.3) is 5.65 Å². The Bertz CT molecular complexity index is 1240. The number of hydrogen-bond donors (Lipinski definition) is 2. The van der Waals surface area contributed by atoms with Crippen molar-refractivity contribution < 1.29 is 23.9 Å². The Hall–Kier alpha value is -3.83. The maximum atomic E-state index is 12.8. The van der Waals surface area contributed by atoms with Gasteiger partial charge in [0, 0.05) is 7.05 Å². The first-order chi connectivity index (χ1) is 17.5. The molecule has 2 heterocycles. The van der Waals surface area contributed by atoms with Gasteiger partial charge >= 0.3 is 6.09 Å². The van der Waals surface area contributed by atoms with Crippen LogP contribution in [0.15, 0.2) is 48.5 Å². The Morgan fingerprint density at radius 3 is 2.46 bits per heavy atom. The molecule has 0 saturated carbocycles. The average molecular weight is 511 g/mol. The number of fused-ring (bicyclic) bond motifs is 1. The zero-order valence-electron chi connectivity index (χ0n) is 21.8. The molecule has 0 spiro atoms. The third kappa shape index (κ3) is 7.34. The van der Waals surface area contributed by atoms with Crippen molar-refractivity contribution in [3.8, 4) is 0 Å². The van der Waals surface area contributed by atoms with Gasteiger partial charge in [0.25, 0.3) is 0 Å². The maximum absolute atomic E-state index is 12.8. The highest BCUT2D eigenvalue weighted by Gasteiger charge is 2.29. The Morgan fingerprint density at radius 1 is 1.11 bits per heavy atom. The van der Waals surface area contributed by atoms with Gasteiger partial charge in [-0.05, 0) is 45.4 Å². The van der Waals surface area contributed by atoms with E-state index in [0.717, 1.165) is 5.56 Å². The smallest absolute Gasteiger partial charge is 0.410 e. The number of pyridine rings is 1. The standard InChI is InChI=1S/C26H34N6O5/c1-17(33)14-31(5)25(35)37-15-20-12-9-13-22-29-30-23(32(20)22)21(28-24(34)26(3,4)27)16-36-18(2)19-10-7-6-8-11-19/h6-13,18,21H,14-16,27H2,1-5H3,(H,28,34)/t18-,21?/m0/s1. The molecule has 11 nitrogen and oxygen atoms in total. The van der Waals surface area contributed by atoms with Gasteiger partial charge in [-0.25, -0.2) is 4.79 Å². The minimum absolute atomic E-state index is 0.0547. The Labute approximate surface area is 215 Å². The van der Waals surface area contributed by atoms with Gasteiger partial charge in [0.15, 0.2) is 11.5 Å². The van der Waals surface area contributed by atoms with Crippen LogP contribution in [0.3, 0.4) is 0 Å². The largest absolute Gasteiger partial charge is 0.443 e. The number of benzene rings is 1. The topological polar surface area (TPSA) is 141 Å². The first-order valence-electron chi connectivity index (χ1n) is 11.9. The van der Waals surface area contributed by atoms with E-state index >= 15 is 0 Å². The third-order valence-electron chi connectivity index (χ3n) is 5.63. The monoisotopic (exact) mass is 510 g/mol. The van der Waals surface area contributed by atoms with E-state index in [1.54, 1.807) is 36.4 Å². The molecule has 37 heavy (non-hydrogen) atoms. The quantitative estimate of drug-likeness (QED) is 0.401. The lowest BCUT2D eigenvalue weighted by Crippen LogP contribution is -2.51. The predicted molar refractivity (Wildman–Crippen MR) is 136 cm³/mol. The second-order valence-electron chi connectivity index (χ2n) is 9.52. The van der Waals surface area contributed by atoms with Crippen LogP contribution in [0, 0.1) is 0 Å². The molecule has 3 rings (SSSR count). The SMILES string of the molecule is CC(=O)CN(C)C(=O)OCc1cccc2nnc(C(CO[C@@H](C)c3ccccc3)NC(=O)C(C)(C)N)n12. The fraction of sp³-hybridized carbons (Fsp3) is 0.423. The van der Waals surface area contributed by atoms with Crippen molar-refractivity contribution >= 4 is 23.4 Å². The molecule has 1 unspecified atom stereocenters. The van der Waals surface area contributed by atoms with E-state index in [9.17, 15) is 14.4 Å². The number of ether oxygens (including phenoxy) is 2. The van der Waals surface area contributed by atoms with Gasteiger partial charge < -0.3 is 25.4 Å². The van der Waals surface area contributed by atoms with Crippen LogP contribution in [0.4, 0.5) is 4.79 Å². The molecule has 0 fully saturated rings. The number of nitrogens with two attached hydrogens (primary N) is 1. The lowest BCUT2D eigenvalue weighted by Gasteiger charge is -2.25. The molecule has 0 saturated heterocycles. The summed E-state index contributed by atoms with van der Waals surface area (Å²) < 4.78 is 13.2. The van der Waals surface area contributed by atoms with Gasteiger partial charge in [-0.3, -0.25) is 14.0 Å². The number of ketones is 1. The normalized spacial score (nSPS) is 13.1. The molecule has 3 aromatic rings. The summed E-state index contributed by atoms with van der Waals surface area (Å²) in [6.45, 7) is 6.47. The van der Waals surface area contributed by atoms with Crippen LogP contribution in [0.1, 0.15) is 56.9 Å². The number of carbonyl (C=O) groups is 3. The highest BCUT2D eigenvalue weighted by molar-refractivity contribution is 5.85. The van der Waals surface area contributed by atoms with Crippen molar-refractivity contribution in [2.24, 2.45) is 5.73 Å². The second-order valence-corrected chi connectivity index (χ2v) is 9.52. The summed E-state index contributed by atoms with van der Waals surface area (Å²) >= 11 is 0. The number of rotatable bonds is 11. The molecule has 2 atom stereocenters. The number of nitrogens with zero attached hydrogens (tertiary/aromatic N) is 4. The Morgan fingerprint density at radius 2 is 1.81 bits per heavy atom. The van der Waals surface area contributed by atoms with Gasteiger partial charge in [0.2, 0.25) is 5.91 Å². The van der Waals surface area contributed by atoms with E-state index in [1.807, 2.05) is 37.3 Å². The fourth-order valence-electron chi connectivity index (χ4n) is 3.60. The molecule has 198 valence electrons. The van der Waals surface area contributed by atoms with E-state index in [-0.39, 0.29) is 37.6 Å². The summed E-state index contributed by atoms with van der Waals surface area (Å²) in [4.78, 5) is 37.7. The van der Waals surface area contributed by atoms with Crippen molar-refractivity contribution in [1.29, 1.82) is 0 Å². The van der Waals surface area contributed by atoms with E-state index in [4.69, 9.17) is 15.2 Å². The zero-order valence-corrected chi connectivity index (χ0v) is 21.8. The van der Waals surface area contributed by atoms with E-state index in [1.165, 1.54) is 18.9 Å². The van der Waals surface area contributed by atoms with Crippen molar-refractivity contribution in [2.45, 2.75) is 52.0 Å². The van der Waals surface area contributed by atoms with Crippen molar-refractivity contribution in [2.75, 3.05) is 20.2 Å². The van der Waals surface area contributed by atoms with E-state index in [2.05, 4.69) is 15.5 Å². The number of hydrogen-bond acceptors (Lipinski definition) is 8. The number of carbonyl (C=O) groups excluding carboxylic acids is 3. The van der Waals surface area contributed by atoms with Crippen molar-refractivity contribution in [1.82, 2.24) is 24.8 Å². The fourth-order valence-corrected chi connectivity index (χ4v) is 3.60. The van der Waals surface area contributed by atoms with Crippen LogP contribution in [-0.2, 0) is 25.7 Å². The summed E-state index contributed by atoms with van der Waals surface area (Å²) in [7, 11) is 1.49. The molecule has 1 aromatic carbocycles. The molecular weight excluding hydrogens is 476 g/mol. The van der Waals surface area contributed by atoms with Crippen molar-refractivity contribution in [3.05, 3.63) is 65.6 Å². The average Bonchev–Trinajstić information content (AvgIpc) is 3.29. The maximum Gasteiger partial charge on any atom is 0.410 e. The second kappa shape index (κ2) is 11.9. The molecule has 0 aliphatic carbocycles. The van der Waals surface area contributed by atoms with Crippen LogP contribution in [0.5, 0.6) is 0 Å². The zero-order chi connectivity index (χ0) is 27.2. The summed E-state index contributed by atoms with van der Waals surface area (Å²) in [5.41, 5.74) is 6.96. The third-order valence-corrected chi connectivity index (χ3v) is 5.63. The van der Waals surface area contributed by atoms with Crippen LogP contribution in [0.2, 0.25) is 0 Å². The Balaban J connectivity index is 1.88. The predicted octanol–water partition coefficient (Wildman–Crippen LogP) is 2.56. The van der Waals surface area contributed by atoms with Crippen LogP contribution < -0.4 is 11.1 Å². The lowest BCUT2D eigenvalue weighted by atomic mass is 10.1. The molecule has 11 heteroatoms. The van der Waals surface area contributed by atoms with Gasteiger partial charge in [0.05, 0.1) is 30.5 Å². The highest BCUT2D eigenvalue weighted by Crippen LogP contribution is 2.22. The van der Waals surface area contributed by atoms with Gasteiger partial charge in [-0.1, -0.05) is 36.4 Å². The number of aromatic nitrogens is 3. The molecule has 0 bridgehead atoms. The van der Waals surface area contributed by atoms with Crippen LogP contribution in [-0.4, -0.2) is 63.0 Å². The van der Waals surface area contributed by atoms with Gasteiger partial charge in [-0.15, -0.1) is 10.2 Å². The number of Topliss-reactive ketones (excluding diaryl/α,β-unsaturated/α-hetero) is 1. The molecule has 2 amide bonds. The highest BCUT2D eigenvalue weighted by atomic mass is 16.6. The summed E-state index contributed by atoms with van der Waals surface area (Å²) in [5.74, 6) is -0.148. The van der Waals surface area contributed by atoms with E-state index < -0.39 is 17.7 Å². The summed E-state index contributed by atoms with van der Waals surface area (Å²) in [6, 6.07) is 14.3. The van der Waals surface area contributed by atoms with E-state index in [0.29, 0.717) is 17.2 Å². The van der Waals surface area contributed by atoms with Crippen molar-refractivity contribution in [3.63, 3.8) is 0 Å².